The molecule has 2 heterocycles. The Morgan fingerprint density at radius 2 is 1.71 bits per heavy atom. The highest BCUT2D eigenvalue weighted by Crippen LogP contribution is 2.27. The van der Waals surface area contributed by atoms with Crippen molar-refractivity contribution < 1.29 is 8.42 Å². The Morgan fingerprint density at radius 1 is 1.00 bits per heavy atom. The average Bonchev–Trinajstić information content (AvgIpc) is 3.08. The van der Waals surface area contributed by atoms with Gasteiger partial charge in [-0.3, -0.25) is 4.72 Å². The summed E-state index contributed by atoms with van der Waals surface area (Å²) in [4.78, 5) is 12.1. The van der Waals surface area contributed by atoms with Crippen LogP contribution in [0.1, 0.15) is 18.2 Å². The molecule has 0 aliphatic heterocycles. The molecule has 2 N–H and O–H groups in total. The number of sulfonamides is 1. The first kappa shape index (κ1) is 18.2. The first-order chi connectivity index (χ1) is 13.5. The Bertz CT molecular complexity index is 1230. The molecule has 0 aliphatic carbocycles. The van der Waals surface area contributed by atoms with Crippen LogP contribution in [0, 0.1) is 6.92 Å². The maximum Gasteiger partial charge on any atom is 0.261 e. The van der Waals surface area contributed by atoms with Crippen LogP contribution in [-0.4, -0.2) is 23.4 Å². The molecular formula is C21H20N4O2S. The van der Waals surface area contributed by atoms with Gasteiger partial charge >= 0.3 is 0 Å². The molecular weight excluding hydrogens is 372 g/mol. The van der Waals surface area contributed by atoms with Crippen molar-refractivity contribution in [2.45, 2.75) is 25.2 Å². The van der Waals surface area contributed by atoms with E-state index in [4.69, 9.17) is 0 Å². The minimum absolute atomic E-state index is 0.245. The molecule has 4 aromatic rings. The van der Waals surface area contributed by atoms with E-state index in [2.05, 4.69) is 19.7 Å². The molecule has 0 radical (unpaired) electrons. The second-order valence-corrected chi connectivity index (χ2v) is 8.30. The van der Waals surface area contributed by atoms with E-state index in [1.807, 2.05) is 44.2 Å². The van der Waals surface area contributed by atoms with Crippen molar-refractivity contribution in [3.05, 3.63) is 72.2 Å². The number of anilines is 1. The van der Waals surface area contributed by atoms with E-state index in [0.717, 1.165) is 40.0 Å². The average molecular weight is 392 g/mol. The van der Waals surface area contributed by atoms with Gasteiger partial charge in [0.25, 0.3) is 10.0 Å². The van der Waals surface area contributed by atoms with E-state index < -0.39 is 10.0 Å². The van der Waals surface area contributed by atoms with Crippen molar-refractivity contribution in [2.24, 2.45) is 0 Å². The molecule has 0 atom stereocenters. The smallest absolute Gasteiger partial charge is 0.261 e. The van der Waals surface area contributed by atoms with E-state index in [1.165, 1.54) is 6.33 Å². The molecule has 7 heteroatoms. The zero-order chi connectivity index (χ0) is 19.7. The molecule has 0 amide bonds. The summed E-state index contributed by atoms with van der Waals surface area (Å²) in [7, 11) is -3.63. The van der Waals surface area contributed by atoms with Gasteiger partial charge in [0.15, 0.2) is 0 Å². The number of benzene rings is 2. The molecule has 2 aromatic carbocycles. The number of H-pyrrole nitrogens is 1. The van der Waals surface area contributed by atoms with Crippen molar-refractivity contribution in [1.29, 1.82) is 0 Å². The number of nitrogens with one attached hydrogen (secondary N) is 2. The molecule has 6 nitrogen and oxygen atoms in total. The minimum atomic E-state index is -3.63. The highest BCUT2D eigenvalue weighted by Gasteiger charge is 2.14. The van der Waals surface area contributed by atoms with Crippen LogP contribution in [-0.2, 0) is 16.4 Å². The fourth-order valence-electron chi connectivity index (χ4n) is 3.12. The maximum atomic E-state index is 12.6. The molecule has 142 valence electrons. The van der Waals surface area contributed by atoms with E-state index in [1.54, 1.807) is 24.3 Å². The number of aromatic nitrogens is 3. The molecule has 0 bridgehead atoms. The lowest BCUT2D eigenvalue weighted by molar-refractivity contribution is 0.601. The van der Waals surface area contributed by atoms with Gasteiger partial charge in [-0.15, -0.1) is 0 Å². The van der Waals surface area contributed by atoms with Crippen LogP contribution in [0.2, 0.25) is 0 Å². The third-order valence-corrected chi connectivity index (χ3v) is 6.01. The van der Waals surface area contributed by atoms with E-state index in [9.17, 15) is 8.42 Å². The third-order valence-electron chi connectivity index (χ3n) is 4.61. The zero-order valence-corrected chi connectivity index (χ0v) is 16.4. The summed E-state index contributed by atoms with van der Waals surface area (Å²) in [5.74, 6) is 0. The molecule has 28 heavy (non-hydrogen) atoms. The Balaban J connectivity index is 1.60. The van der Waals surface area contributed by atoms with Crippen LogP contribution in [0.3, 0.4) is 0 Å². The summed E-state index contributed by atoms with van der Waals surface area (Å²) in [5, 5.41) is 0.935. The molecule has 2 aromatic heterocycles. The van der Waals surface area contributed by atoms with Gasteiger partial charge in [0.2, 0.25) is 0 Å². The minimum Gasteiger partial charge on any atom is -0.343 e. The lowest BCUT2D eigenvalue weighted by Gasteiger charge is -2.09. The summed E-state index contributed by atoms with van der Waals surface area (Å²) in [6.45, 7) is 4.00. The molecule has 0 aliphatic rings. The van der Waals surface area contributed by atoms with Gasteiger partial charge in [-0.1, -0.05) is 31.2 Å². The van der Waals surface area contributed by atoms with Crippen molar-refractivity contribution in [3.63, 3.8) is 0 Å². The number of fused-ring (bicyclic) bond motifs is 1. The number of hydrogen-bond acceptors (Lipinski definition) is 4. The highest BCUT2D eigenvalue weighted by molar-refractivity contribution is 7.92. The van der Waals surface area contributed by atoms with Gasteiger partial charge in [0.1, 0.15) is 12.0 Å². The molecule has 0 fully saturated rings. The fourth-order valence-corrected chi connectivity index (χ4v) is 4.17. The first-order valence-corrected chi connectivity index (χ1v) is 10.5. The number of hydrogen-bond donors (Lipinski definition) is 2. The summed E-state index contributed by atoms with van der Waals surface area (Å²) in [6, 6.07) is 16.1. The topological polar surface area (TPSA) is 87.7 Å². The van der Waals surface area contributed by atoms with E-state index in [0.29, 0.717) is 5.69 Å². The molecule has 0 spiro atoms. The van der Waals surface area contributed by atoms with Gasteiger partial charge in [0, 0.05) is 22.3 Å². The normalized spacial score (nSPS) is 11.6. The van der Waals surface area contributed by atoms with Crippen molar-refractivity contribution in [2.75, 3.05) is 4.72 Å². The quantitative estimate of drug-likeness (QED) is 0.530. The summed E-state index contributed by atoms with van der Waals surface area (Å²) in [6.07, 6.45) is 2.39. The SMILES string of the molecule is CCc1ccc(S(=O)(=O)Nc2ccc(-c3ncnc4[nH]c(C)cc34)cc2)cc1. The lowest BCUT2D eigenvalue weighted by atomic mass is 10.1. The van der Waals surface area contributed by atoms with Crippen LogP contribution in [0.5, 0.6) is 0 Å². The zero-order valence-electron chi connectivity index (χ0n) is 15.6. The number of aromatic amines is 1. The van der Waals surface area contributed by atoms with Gasteiger partial charge < -0.3 is 4.98 Å². The van der Waals surface area contributed by atoms with E-state index >= 15 is 0 Å². The largest absolute Gasteiger partial charge is 0.343 e. The Morgan fingerprint density at radius 3 is 2.39 bits per heavy atom. The lowest BCUT2D eigenvalue weighted by Crippen LogP contribution is -2.12. The van der Waals surface area contributed by atoms with Crippen LogP contribution >= 0.6 is 0 Å². The summed E-state index contributed by atoms with van der Waals surface area (Å²) >= 11 is 0. The molecule has 4 rings (SSSR count). The van der Waals surface area contributed by atoms with Gasteiger partial charge in [0.05, 0.1) is 10.6 Å². The first-order valence-electron chi connectivity index (χ1n) is 8.99. The number of rotatable bonds is 5. The highest BCUT2D eigenvalue weighted by atomic mass is 32.2. The monoisotopic (exact) mass is 392 g/mol. The van der Waals surface area contributed by atoms with Crippen molar-refractivity contribution in [3.8, 4) is 11.3 Å². The molecule has 0 saturated heterocycles. The standard InChI is InChI=1S/C21H20N4O2S/c1-3-15-4-10-18(11-5-15)28(26,27)25-17-8-6-16(7-9-17)20-19-12-14(2)24-21(19)23-13-22-20/h4-13,25H,3H2,1-2H3,(H,22,23,24). The number of aryl methyl sites for hydroxylation is 2. The van der Waals surface area contributed by atoms with Crippen LogP contribution in [0.15, 0.2) is 65.8 Å². The van der Waals surface area contributed by atoms with Gasteiger partial charge in [-0.2, -0.15) is 0 Å². The van der Waals surface area contributed by atoms with Crippen LogP contribution in [0.25, 0.3) is 22.3 Å². The van der Waals surface area contributed by atoms with Crippen molar-refractivity contribution in [1.82, 2.24) is 15.0 Å². The second kappa shape index (κ2) is 7.09. The Labute approximate surface area is 163 Å². The summed E-state index contributed by atoms with van der Waals surface area (Å²) in [5.41, 5.74) is 5.08. The Kier molecular flexibility index (Phi) is 4.60. The van der Waals surface area contributed by atoms with Crippen LogP contribution in [0.4, 0.5) is 5.69 Å². The predicted molar refractivity (Wildman–Crippen MR) is 111 cm³/mol. The number of nitrogens with zero attached hydrogens (tertiary/aromatic N) is 2. The second-order valence-electron chi connectivity index (χ2n) is 6.62. The summed E-state index contributed by atoms with van der Waals surface area (Å²) < 4.78 is 27.8. The molecule has 0 saturated carbocycles. The fraction of sp³-hybridized carbons (Fsp3) is 0.143. The van der Waals surface area contributed by atoms with Crippen LogP contribution < -0.4 is 4.72 Å². The Hall–Kier alpha value is -3.19. The van der Waals surface area contributed by atoms with Gasteiger partial charge in [-0.25, -0.2) is 18.4 Å². The van der Waals surface area contributed by atoms with E-state index in [-0.39, 0.29) is 4.90 Å². The predicted octanol–water partition coefficient (Wildman–Crippen LogP) is 4.30. The van der Waals surface area contributed by atoms with Crippen molar-refractivity contribution >= 4 is 26.7 Å². The van der Waals surface area contributed by atoms with Gasteiger partial charge in [-0.05, 0) is 49.2 Å². The third kappa shape index (κ3) is 3.48. The molecule has 0 unspecified atom stereocenters. The maximum absolute atomic E-state index is 12.6.